The van der Waals surface area contributed by atoms with E-state index in [0.717, 1.165) is 18.4 Å². The second-order valence-electron chi connectivity index (χ2n) is 5.80. The monoisotopic (exact) mass is 285 g/mol. The van der Waals surface area contributed by atoms with Crippen LogP contribution in [0, 0.1) is 5.92 Å². The van der Waals surface area contributed by atoms with E-state index in [4.69, 9.17) is 4.63 Å². The highest BCUT2D eigenvalue weighted by Gasteiger charge is 2.18. The summed E-state index contributed by atoms with van der Waals surface area (Å²) in [6.07, 6.45) is 4.73. The molecular formula is C16H19N3O2. The first kappa shape index (κ1) is 13.8. The van der Waals surface area contributed by atoms with Crippen molar-refractivity contribution in [1.82, 2.24) is 10.3 Å². The van der Waals surface area contributed by atoms with Crippen LogP contribution in [0.3, 0.4) is 0 Å². The predicted molar refractivity (Wildman–Crippen MR) is 79.8 cm³/mol. The number of nitrogens with zero attached hydrogens (tertiary/aromatic N) is 2. The van der Waals surface area contributed by atoms with Gasteiger partial charge in [-0.15, -0.1) is 0 Å². The third kappa shape index (κ3) is 2.82. The van der Waals surface area contributed by atoms with Crippen LogP contribution in [0.1, 0.15) is 37.8 Å². The molecule has 1 aliphatic carbocycles. The number of aryl methyl sites for hydroxylation is 2. The van der Waals surface area contributed by atoms with E-state index in [2.05, 4.69) is 27.8 Å². The molecule has 0 aliphatic heterocycles. The first-order valence-electron chi connectivity index (χ1n) is 7.41. The zero-order valence-electron chi connectivity index (χ0n) is 12.3. The number of fused-ring (bicyclic) bond motifs is 1. The van der Waals surface area contributed by atoms with Gasteiger partial charge in [-0.3, -0.25) is 4.79 Å². The van der Waals surface area contributed by atoms with Gasteiger partial charge in [0.25, 0.3) is 0 Å². The fourth-order valence-electron chi connectivity index (χ4n) is 2.60. The first-order chi connectivity index (χ1) is 10.1. The number of anilines is 1. The van der Waals surface area contributed by atoms with Crippen molar-refractivity contribution in [1.29, 1.82) is 0 Å². The lowest BCUT2D eigenvalue weighted by molar-refractivity contribution is -0.118. The van der Waals surface area contributed by atoms with Crippen molar-refractivity contribution in [3.05, 3.63) is 29.3 Å². The molecule has 1 heterocycles. The second kappa shape index (κ2) is 5.68. The van der Waals surface area contributed by atoms with Crippen molar-refractivity contribution in [2.24, 2.45) is 5.92 Å². The number of aromatic nitrogens is 2. The number of amides is 1. The molecule has 5 nitrogen and oxygen atoms in total. The number of hydrogen-bond acceptors (Lipinski definition) is 4. The highest BCUT2D eigenvalue weighted by atomic mass is 16.6. The van der Waals surface area contributed by atoms with Crippen LogP contribution in [-0.4, -0.2) is 16.2 Å². The lowest BCUT2D eigenvalue weighted by Crippen LogP contribution is -2.18. The smallest absolute Gasteiger partial charge is 0.228 e. The van der Waals surface area contributed by atoms with E-state index in [1.807, 2.05) is 19.9 Å². The molecule has 1 amide bonds. The minimum absolute atomic E-state index is 0.0927. The molecule has 0 saturated heterocycles. The van der Waals surface area contributed by atoms with Crippen LogP contribution >= 0.6 is 0 Å². The molecule has 2 aromatic rings. The largest absolute Gasteiger partial charge is 0.306 e. The predicted octanol–water partition coefficient (Wildman–Crippen LogP) is 3.21. The Hall–Kier alpha value is -2.17. The lowest BCUT2D eigenvalue weighted by atomic mass is 9.90. The van der Waals surface area contributed by atoms with Crippen LogP contribution in [0.15, 0.2) is 22.8 Å². The maximum atomic E-state index is 11.8. The molecule has 5 heteroatoms. The molecule has 110 valence electrons. The van der Waals surface area contributed by atoms with Gasteiger partial charge in [0, 0.05) is 11.5 Å². The summed E-state index contributed by atoms with van der Waals surface area (Å²) in [6.45, 7) is 3.67. The molecule has 0 unspecified atom stereocenters. The highest BCUT2D eigenvalue weighted by Crippen LogP contribution is 2.29. The average molecular weight is 285 g/mol. The molecule has 1 aliphatic rings. The number of rotatable bonds is 3. The number of benzene rings is 1. The molecule has 21 heavy (non-hydrogen) atoms. The maximum Gasteiger partial charge on any atom is 0.228 e. The minimum atomic E-state index is -0.113. The molecule has 1 N–H and O–H groups in total. The van der Waals surface area contributed by atoms with Crippen LogP contribution in [0.2, 0.25) is 0 Å². The summed E-state index contributed by atoms with van der Waals surface area (Å²) < 4.78 is 4.81. The number of carbonyl (C=O) groups excluding carboxylic acids is 1. The van der Waals surface area contributed by atoms with Crippen molar-refractivity contribution in [2.75, 3.05) is 5.32 Å². The van der Waals surface area contributed by atoms with Gasteiger partial charge in [0.15, 0.2) is 5.69 Å². The average Bonchev–Trinajstić information content (AvgIpc) is 2.94. The Balaban J connectivity index is 1.91. The minimum Gasteiger partial charge on any atom is -0.306 e. The molecule has 0 saturated carbocycles. The Bertz CT molecular complexity index is 661. The highest BCUT2D eigenvalue weighted by molar-refractivity contribution is 5.94. The van der Waals surface area contributed by atoms with E-state index in [-0.39, 0.29) is 11.8 Å². The quantitative estimate of drug-likeness (QED) is 0.940. The van der Waals surface area contributed by atoms with Gasteiger partial charge in [-0.2, -0.15) is 0 Å². The third-order valence-corrected chi connectivity index (χ3v) is 3.88. The maximum absolute atomic E-state index is 11.8. The molecular weight excluding hydrogens is 266 g/mol. The fraction of sp³-hybridized carbons (Fsp3) is 0.438. The Morgan fingerprint density at radius 3 is 2.71 bits per heavy atom. The number of hydrogen-bond donors (Lipinski definition) is 1. The lowest BCUT2D eigenvalue weighted by Gasteiger charge is -2.16. The van der Waals surface area contributed by atoms with Gasteiger partial charge in [0.2, 0.25) is 11.7 Å². The number of carbonyl (C=O) groups is 1. The summed E-state index contributed by atoms with van der Waals surface area (Å²) in [5.41, 5.74) is 4.31. The van der Waals surface area contributed by atoms with Crippen LogP contribution in [0.4, 0.5) is 5.82 Å². The molecule has 0 bridgehead atoms. The topological polar surface area (TPSA) is 68.0 Å². The van der Waals surface area contributed by atoms with Gasteiger partial charge in [-0.05, 0) is 53.2 Å². The zero-order valence-corrected chi connectivity index (χ0v) is 12.3. The Kier molecular flexibility index (Phi) is 3.73. The van der Waals surface area contributed by atoms with Gasteiger partial charge in [-0.25, -0.2) is 4.63 Å². The van der Waals surface area contributed by atoms with Crippen molar-refractivity contribution in [3.8, 4) is 11.3 Å². The summed E-state index contributed by atoms with van der Waals surface area (Å²) >= 11 is 0. The summed E-state index contributed by atoms with van der Waals surface area (Å²) in [6, 6.07) is 6.31. The zero-order chi connectivity index (χ0) is 14.8. The molecule has 0 radical (unpaired) electrons. The summed E-state index contributed by atoms with van der Waals surface area (Å²) in [4.78, 5) is 11.8. The number of nitrogens with one attached hydrogen (secondary N) is 1. The molecule has 0 atom stereocenters. The van der Waals surface area contributed by atoms with Crippen LogP contribution < -0.4 is 5.32 Å². The van der Waals surface area contributed by atoms with E-state index in [1.54, 1.807) is 0 Å². The van der Waals surface area contributed by atoms with E-state index in [0.29, 0.717) is 11.5 Å². The Labute approximate surface area is 123 Å². The van der Waals surface area contributed by atoms with Crippen molar-refractivity contribution < 1.29 is 9.42 Å². The van der Waals surface area contributed by atoms with Crippen LogP contribution in [-0.2, 0) is 17.6 Å². The van der Waals surface area contributed by atoms with Crippen LogP contribution in [0.5, 0.6) is 0 Å². The van der Waals surface area contributed by atoms with Gasteiger partial charge >= 0.3 is 0 Å². The third-order valence-electron chi connectivity index (χ3n) is 3.88. The first-order valence-corrected chi connectivity index (χ1v) is 7.41. The van der Waals surface area contributed by atoms with Gasteiger partial charge in [0.1, 0.15) is 0 Å². The normalized spacial score (nSPS) is 14.0. The Morgan fingerprint density at radius 1 is 1.19 bits per heavy atom. The van der Waals surface area contributed by atoms with E-state index in [1.165, 1.54) is 24.0 Å². The Morgan fingerprint density at radius 2 is 1.95 bits per heavy atom. The van der Waals surface area contributed by atoms with Crippen molar-refractivity contribution >= 4 is 11.7 Å². The SMILES string of the molecule is CC(C)C(=O)Nc1nonc1-c1ccc2c(c1)CCCC2. The van der Waals surface area contributed by atoms with E-state index >= 15 is 0 Å². The summed E-state index contributed by atoms with van der Waals surface area (Å²) in [7, 11) is 0. The van der Waals surface area contributed by atoms with Crippen molar-refractivity contribution in [2.45, 2.75) is 39.5 Å². The summed E-state index contributed by atoms with van der Waals surface area (Å²) in [5.74, 6) is 0.187. The fourth-order valence-corrected chi connectivity index (χ4v) is 2.60. The van der Waals surface area contributed by atoms with Crippen molar-refractivity contribution in [3.63, 3.8) is 0 Å². The van der Waals surface area contributed by atoms with Gasteiger partial charge < -0.3 is 5.32 Å². The molecule has 1 aromatic heterocycles. The van der Waals surface area contributed by atoms with Gasteiger partial charge in [0.05, 0.1) is 0 Å². The van der Waals surface area contributed by atoms with Crippen LogP contribution in [0.25, 0.3) is 11.3 Å². The summed E-state index contributed by atoms with van der Waals surface area (Å²) in [5, 5.41) is 10.5. The second-order valence-corrected chi connectivity index (χ2v) is 5.80. The standard InChI is InChI=1S/C16H19N3O2/c1-10(2)16(20)17-15-14(18-21-19-15)13-8-7-11-5-3-4-6-12(11)9-13/h7-10H,3-6H2,1-2H3,(H,17,19,20). The molecule has 1 aromatic carbocycles. The van der Waals surface area contributed by atoms with Gasteiger partial charge in [-0.1, -0.05) is 26.0 Å². The molecule has 0 fully saturated rings. The van der Waals surface area contributed by atoms with E-state index in [9.17, 15) is 4.79 Å². The molecule has 3 rings (SSSR count). The molecule has 0 spiro atoms. The van der Waals surface area contributed by atoms with E-state index < -0.39 is 0 Å².